The molecule has 1 heterocycles. The van der Waals surface area contributed by atoms with E-state index in [0.29, 0.717) is 23.3 Å². The zero-order valence-corrected chi connectivity index (χ0v) is 18.3. The number of rotatable bonds is 7. The molecular weight excluding hydrogens is 384 g/mol. The molecular formula is C24H32O6. The van der Waals surface area contributed by atoms with Crippen LogP contribution in [0, 0.1) is 5.92 Å². The summed E-state index contributed by atoms with van der Waals surface area (Å²) in [5.41, 5.74) is 1.65. The first-order valence-corrected chi connectivity index (χ1v) is 10.8. The Morgan fingerprint density at radius 3 is 2.67 bits per heavy atom. The molecule has 0 saturated carbocycles. The van der Waals surface area contributed by atoms with Crippen LogP contribution in [0.15, 0.2) is 17.7 Å². The van der Waals surface area contributed by atoms with Crippen molar-refractivity contribution < 1.29 is 29.3 Å². The number of unbranched alkanes of at least 4 members (excludes halogenated alkanes) is 2. The molecule has 0 unspecified atom stereocenters. The molecule has 0 saturated heterocycles. The number of hydrogen-bond donors (Lipinski definition) is 2. The van der Waals surface area contributed by atoms with Gasteiger partial charge in [-0.05, 0) is 56.7 Å². The molecule has 6 heteroatoms. The second-order valence-electron chi connectivity index (χ2n) is 8.92. The average Bonchev–Trinajstić information content (AvgIpc) is 2.65. The Morgan fingerprint density at radius 2 is 2.03 bits per heavy atom. The highest BCUT2D eigenvalue weighted by molar-refractivity contribution is 5.94. The molecule has 0 radical (unpaired) electrons. The van der Waals surface area contributed by atoms with Crippen LogP contribution in [-0.2, 0) is 16.0 Å². The third-order valence-corrected chi connectivity index (χ3v) is 6.33. The van der Waals surface area contributed by atoms with Gasteiger partial charge < -0.3 is 19.7 Å². The Kier molecular flexibility index (Phi) is 6.44. The van der Waals surface area contributed by atoms with Crippen LogP contribution in [0.25, 0.3) is 0 Å². The Balaban J connectivity index is 2.09. The van der Waals surface area contributed by atoms with Crippen molar-refractivity contribution in [1.82, 2.24) is 0 Å². The van der Waals surface area contributed by atoms with E-state index in [0.717, 1.165) is 37.7 Å². The molecule has 0 amide bonds. The highest BCUT2D eigenvalue weighted by Crippen LogP contribution is 2.54. The third-order valence-electron chi connectivity index (χ3n) is 6.33. The topological polar surface area (TPSA) is 93.1 Å². The van der Waals surface area contributed by atoms with Gasteiger partial charge in [-0.1, -0.05) is 25.8 Å². The minimum Gasteiger partial charge on any atom is -0.507 e. The number of carbonyl (C=O) groups excluding carboxylic acids is 1. The maximum atomic E-state index is 12.0. The van der Waals surface area contributed by atoms with Crippen LogP contribution in [0.1, 0.15) is 87.2 Å². The largest absolute Gasteiger partial charge is 0.507 e. The van der Waals surface area contributed by atoms with E-state index >= 15 is 0 Å². The summed E-state index contributed by atoms with van der Waals surface area (Å²) in [7, 11) is 0. The molecule has 3 rings (SSSR count). The minimum atomic E-state index is -1.12. The van der Waals surface area contributed by atoms with Gasteiger partial charge in [-0.2, -0.15) is 0 Å². The molecule has 1 aliphatic carbocycles. The number of aromatic hydroxyl groups is 1. The molecule has 2 N–H and O–H groups in total. The van der Waals surface area contributed by atoms with Crippen molar-refractivity contribution in [2.24, 2.45) is 5.92 Å². The van der Waals surface area contributed by atoms with Gasteiger partial charge in [0.1, 0.15) is 29.3 Å². The van der Waals surface area contributed by atoms with Gasteiger partial charge in [0.25, 0.3) is 0 Å². The fourth-order valence-corrected chi connectivity index (χ4v) is 4.83. The predicted octanol–water partition coefficient (Wildman–Crippen LogP) is 4.98. The Hall–Kier alpha value is -2.50. The lowest BCUT2D eigenvalue weighted by Gasteiger charge is -2.46. The van der Waals surface area contributed by atoms with Crippen LogP contribution in [0.4, 0.5) is 0 Å². The molecule has 2 atom stereocenters. The quantitative estimate of drug-likeness (QED) is 0.370. The molecule has 0 fully saturated rings. The van der Waals surface area contributed by atoms with Crippen molar-refractivity contribution in [3.05, 3.63) is 34.4 Å². The molecule has 0 spiro atoms. The number of fused-ring (bicyclic) bond motifs is 3. The maximum absolute atomic E-state index is 12.0. The zero-order chi connectivity index (χ0) is 22.1. The normalized spacial score (nSPS) is 21.7. The molecule has 6 nitrogen and oxygen atoms in total. The lowest BCUT2D eigenvalue weighted by Crippen LogP contribution is -2.45. The summed E-state index contributed by atoms with van der Waals surface area (Å²) in [5, 5.41) is 20.9. The highest BCUT2D eigenvalue weighted by atomic mass is 16.5. The fourth-order valence-electron chi connectivity index (χ4n) is 4.83. The van der Waals surface area contributed by atoms with E-state index in [4.69, 9.17) is 9.47 Å². The summed E-state index contributed by atoms with van der Waals surface area (Å²) in [6, 6.07) is 1.81. The summed E-state index contributed by atoms with van der Waals surface area (Å²) < 4.78 is 11.5. The van der Waals surface area contributed by atoms with Crippen LogP contribution >= 0.6 is 0 Å². The van der Waals surface area contributed by atoms with E-state index in [2.05, 4.69) is 6.92 Å². The maximum Gasteiger partial charge on any atom is 0.339 e. The molecule has 0 aromatic heterocycles. The highest BCUT2D eigenvalue weighted by Gasteiger charge is 2.46. The van der Waals surface area contributed by atoms with Gasteiger partial charge in [0, 0.05) is 24.3 Å². The van der Waals surface area contributed by atoms with Gasteiger partial charge in [-0.15, -0.1) is 0 Å². The van der Waals surface area contributed by atoms with E-state index in [-0.39, 0.29) is 35.7 Å². The number of carboxylic acids is 1. The summed E-state index contributed by atoms with van der Waals surface area (Å²) in [6.07, 6.45) is 7.09. The second kappa shape index (κ2) is 8.70. The molecule has 1 aromatic carbocycles. The number of aromatic carboxylic acids is 1. The van der Waals surface area contributed by atoms with E-state index in [1.165, 1.54) is 6.92 Å². The van der Waals surface area contributed by atoms with Gasteiger partial charge in [-0.3, -0.25) is 4.79 Å². The number of hydrogen-bond acceptors (Lipinski definition) is 5. The number of benzene rings is 1. The molecule has 1 aliphatic heterocycles. The molecule has 164 valence electrons. The molecule has 2 aliphatic rings. The van der Waals surface area contributed by atoms with Crippen molar-refractivity contribution in [2.75, 3.05) is 6.61 Å². The van der Waals surface area contributed by atoms with E-state index in [1.54, 1.807) is 6.07 Å². The number of allylic oxidation sites excluding steroid dienone is 1. The van der Waals surface area contributed by atoms with Gasteiger partial charge in [0.2, 0.25) is 0 Å². The van der Waals surface area contributed by atoms with Gasteiger partial charge in [0.15, 0.2) is 0 Å². The second-order valence-corrected chi connectivity index (χ2v) is 8.92. The lowest BCUT2D eigenvalue weighted by molar-refractivity contribution is -0.140. The summed E-state index contributed by atoms with van der Waals surface area (Å²) in [5.74, 6) is -1.20. The molecule has 1 aromatic rings. The summed E-state index contributed by atoms with van der Waals surface area (Å²) >= 11 is 0. The Bertz CT molecular complexity index is 867. The van der Waals surface area contributed by atoms with E-state index < -0.39 is 11.6 Å². The lowest BCUT2D eigenvalue weighted by atomic mass is 9.67. The van der Waals surface area contributed by atoms with E-state index in [1.807, 2.05) is 19.9 Å². The first kappa shape index (κ1) is 22.2. The van der Waals surface area contributed by atoms with Crippen molar-refractivity contribution in [1.29, 1.82) is 0 Å². The number of ether oxygens (including phenoxy) is 2. The Labute approximate surface area is 177 Å². The van der Waals surface area contributed by atoms with Crippen LogP contribution in [-0.4, -0.2) is 34.4 Å². The van der Waals surface area contributed by atoms with Crippen LogP contribution in [0.5, 0.6) is 11.5 Å². The number of carboxylic acid groups (broad SMARTS) is 1. The number of aryl methyl sites for hydroxylation is 1. The fraction of sp³-hybridized carbons (Fsp3) is 0.583. The van der Waals surface area contributed by atoms with Crippen molar-refractivity contribution in [3.63, 3.8) is 0 Å². The van der Waals surface area contributed by atoms with Gasteiger partial charge >= 0.3 is 11.9 Å². The first-order chi connectivity index (χ1) is 14.2. The van der Waals surface area contributed by atoms with Crippen molar-refractivity contribution >= 4 is 11.9 Å². The predicted molar refractivity (Wildman–Crippen MR) is 113 cm³/mol. The average molecular weight is 417 g/mol. The number of phenols is 1. The van der Waals surface area contributed by atoms with Crippen LogP contribution in [0.2, 0.25) is 0 Å². The zero-order valence-electron chi connectivity index (χ0n) is 18.3. The van der Waals surface area contributed by atoms with Crippen molar-refractivity contribution in [3.8, 4) is 11.5 Å². The summed E-state index contributed by atoms with van der Waals surface area (Å²) in [6.45, 7) is 7.77. The summed E-state index contributed by atoms with van der Waals surface area (Å²) in [4.78, 5) is 23.2. The Morgan fingerprint density at radius 1 is 1.30 bits per heavy atom. The monoisotopic (exact) mass is 416 g/mol. The van der Waals surface area contributed by atoms with Gasteiger partial charge in [-0.25, -0.2) is 4.79 Å². The molecule has 0 bridgehead atoms. The first-order valence-electron chi connectivity index (χ1n) is 10.8. The standard InChI is InChI=1S/C24H32O6/c1-5-6-7-8-16-12-19-21(22(26)20(16)23(27)28)17-11-15(13-29-14(2)25)9-10-18(17)24(3,4)30-19/h11-12,17-18,26H,5-10,13H2,1-4H3,(H,27,28)/t17-,18-/m1/s1. The van der Waals surface area contributed by atoms with Crippen molar-refractivity contribution in [2.45, 2.75) is 77.7 Å². The van der Waals surface area contributed by atoms with Crippen LogP contribution < -0.4 is 4.74 Å². The molecule has 30 heavy (non-hydrogen) atoms. The van der Waals surface area contributed by atoms with E-state index in [9.17, 15) is 19.8 Å². The van der Waals surface area contributed by atoms with Crippen LogP contribution in [0.3, 0.4) is 0 Å². The third kappa shape index (κ3) is 4.32. The van der Waals surface area contributed by atoms with Gasteiger partial charge in [0.05, 0.1) is 0 Å². The SMILES string of the molecule is CCCCCc1cc2c(c(O)c1C(=O)O)[C@@H]1C=C(COC(C)=O)CC[C@H]1C(C)(C)O2. The smallest absolute Gasteiger partial charge is 0.339 e. The minimum absolute atomic E-state index is 0.0209. The number of carbonyl (C=O) groups is 2. The number of esters is 1.